The van der Waals surface area contributed by atoms with Crippen molar-refractivity contribution in [2.24, 2.45) is 0 Å². The quantitative estimate of drug-likeness (QED) is 0.631. The van der Waals surface area contributed by atoms with Crippen LogP contribution in [0.1, 0.15) is 22.3 Å². The van der Waals surface area contributed by atoms with Crippen LogP contribution < -0.4 is 4.90 Å². The van der Waals surface area contributed by atoms with Gasteiger partial charge in [0.1, 0.15) is 11.4 Å². The number of rotatable bonds is 2. The molecule has 0 aromatic heterocycles. The van der Waals surface area contributed by atoms with Gasteiger partial charge in [0, 0.05) is 12.6 Å². The van der Waals surface area contributed by atoms with Gasteiger partial charge in [-0.25, -0.2) is 4.39 Å². The third-order valence-electron chi connectivity index (χ3n) is 3.74. The van der Waals surface area contributed by atoms with Crippen molar-refractivity contribution in [1.82, 2.24) is 0 Å². The van der Waals surface area contributed by atoms with Crippen LogP contribution in [0, 0.1) is 15.9 Å². The van der Waals surface area contributed by atoms with Crippen LogP contribution in [0.25, 0.3) is 0 Å². The highest BCUT2D eigenvalue weighted by Gasteiger charge is 2.28. The van der Waals surface area contributed by atoms with Crippen molar-refractivity contribution < 1.29 is 14.1 Å². The van der Waals surface area contributed by atoms with Crippen LogP contribution in [0.5, 0.6) is 0 Å². The molecule has 0 aliphatic carbocycles. The first-order chi connectivity index (χ1) is 10.6. The highest BCUT2D eigenvalue weighted by molar-refractivity contribution is 6.09. The maximum atomic E-state index is 13.5. The molecule has 1 aliphatic heterocycles. The molecule has 22 heavy (non-hydrogen) atoms. The number of carbonyl (C=O) groups is 1. The number of carbonyl (C=O) groups excluding carboxylic acids is 1. The van der Waals surface area contributed by atoms with Gasteiger partial charge in [-0.3, -0.25) is 14.9 Å². The number of aryl methyl sites for hydroxylation is 1. The van der Waals surface area contributed by atoms with Gasteiger partial charge in [0.15, 0.2) is 0 Å². The topological polar surface area (TPSA) is 63.4 Å². The summed E-state index contributed by atoms with van der Waals surface area (Å²) in [6, 6.07) is 10.1. The van der Waals surface area contributed by atoms with E-state index in [1.807, 2.05) is 0 Å². The Morgan fingerprint density at radius 3 is 2.77 bits per heavy atom. The molecule has 0 bridgehead atoms. The summed E-state index contributed by atoms with van der Waals surface area (Å²) < 4.78 is 13.5. The lowest BCUT2D eigenvalue weighted by molar-refractivity contribution is -0.385. The minimum atomic E-state index is -0.580. The number of benzene rings is 2. The van der Waals surface area contributed by atoms with Crippen LogP contribution in [-0.4, -0.2) is 17.4 Å². The predicted octanol–water partition coefficient (Wildman–Crippen LogP) is 3.33. The SMILES string of the molecule is O=C(c1ccccc1[N+](=O)[O-])N1CCCc2ccc(F)cc21. The zero-order valence-electron chi connectivity index (χ0n) is 11.7. The molecule has 3 rings (SSSR count). The average Bonchev–Trinajstić information content (AvgIpc) is 2.53. The van der Waals surface area contributed by atoms with Crippen LogP contribution >= 0.6 is 0 Å². The number of halogens is 1. The second-order valence-electron chi connectivity index (χ2n) is 5.11. The molecule has 6 heteroatoms. The Kier molecular flexibility index (Phi) is 3.58. The molecule has 0 unspecified atom stereocenters. The standard InChI is InChI=1S/C16H13FN2O3/c17-12-8-7-11-4-3-9-18(15(11)10-12)16(20)13-5-1-2-6-14(13)19(21)22/h1-2,5-8,10H,3-4,9H2. The first-order valence-corrected chi connectivity index (χ1v) is 6.91. The lowest BCUT2D eigenvalue weighted by Crippen LogP contribution is -2.35. The Morgan fingerprint density at radius 1 is 1.23 bits per heavy atom. The van der Waals surface area contributed by atoms with E-state index >= 15 is 0 Å². The molecule has 0 radical (unpaired) electrons. The number of nitro benzene ring substituents is 1. The van der Waals surface area contributed by atoms with E-state index in [2.05, 4.69) is 0 Å². The Bertz CT molecular complexity index is 761. The zero-order valence-corrected chi connectivity index (χ0v) is 11.7. The second-order valence-corrected chi connectivity index (χ2v) is 5.11. The Morgan fingerprint density at radius 2 is 2.00 bits per heavy atom. The first kappa shape index (κ1) is 14.2. The number of nitro groups is 1. The van der Waals surface area contributed by atoms with Crippen molar-refractivity contribution in [3.63, 3.8) is 0 Å². The van der Waals surface area contributed by atoms with Crippen molar-refractivity contribution >= 4 is 17.3 Å². The van der Waals surface area contributed by atoms with Gasteiger partial charge >= 0.3 is 0 Å². The fourth-order valence-corrected chi connectivity index (χ4v) is 2.72. The van der Waals surface area contributed by atoms with Gasteiger partial charge in [-0.05, 0) is 36.6 Å². The lowest BCUT2D eigenvalue weighted by atomic mass is 10.0. The average molecular weight is 300 g/mol. The Balaban J connectivity index is 2.05. The molecule has 0 saturated carbocycles. The second kappa shape index (κ2) is 5.55. The summed E-state index contributed by atoms with van der Waals surface area (Å²) in [5, 5.41) is 11.1. The maximum Gasteiger partial charge on any atom is 0.282 e. The zero-order chi connectivity index (χ0) is 15.7. The lowest BCUT2D eigenvalue weighted by Gasteiger charge is -2.29. The van der Waals surface area contributed by atoms with E-state index in [0.717, 1.165) is 18.4 Å². The smallest absolute Gasteiger partial charge is 0.282 e. The van der Waals surface area contributed by atoms with Gasteiger partial charge in [-0.2, -0.15) is 0 Å². The Labute approximate surface area is 126 Å². The maximum absolute atomic E-state index is 13.5. The molecule has 0 spiro atoms. The molecule has 2 aromatic carbocycles. The number of fused-ring (bicyclic) bond motifs is 1. The molecule has 0 N–H and O–H groups in total. The molecule has 1 heterocycles. The van der Waals surface area contributed by atoms with Gasteiger partial charge in [0.2, 0.25) is 0 Å². The molecule has 112 valence electrons. The summed E-state index contributed by atoms with van der Waals surface area (Å²) in [5.41, 5.74) is 1.15. The third-order valence-corrected chi connectivity index (χ3v) is 3.74. The monoisotopic (exact) mass is 300 g/mol. The largest absolute Gasteiger partial charge is 0.308 e. The van der Waals surface area contributed by atoms with Crippen molar-refractivity contribution in [3.05, 3.63) is 69.5 Å². The Hall–Kier alpha value is -2.76. The predicted molar refractivity (Wildman–Crippen MR) is 79.5 cm³/mol. The molecule has 1 amide bonds. The number of hydrogen-bond donors (Lipinski definition) is 0. The fraction of sp³-hybridized carbons (Fsp3) is 0.188. The van der Waals surface area contributed by atoms with Gasteiger partial charge < -0.3 is 4.90 Å². The van der Waals surface area contributed by atoms with Crippen LogP contribution in [-0.2, 0) is 6.42 Å². The minimum absolute atomic E-state index is 0.0182. The molecule has 5 nitrogen and oxygen atoms in total. The molecular weight excluding hydrogens is 287 g/mol. The summed E-state index contributed by atoms with van der Waals surface area (Å²) in [6.07, 6.45) is 1.50. The van der Waals surface area contributed by atoms with Crippen molar-refractivity contribution in [3.8, 4) is 0 Å². The van der Waals surface area contributed by atoms with E-state index in [9.17, 15) is 19.3 Å². The summed E-state index contributed by atoms with van der Waals surface area (Å²) in [6.45, 7) is 0.418. The number of para-hydroxylation sites is 1. The summed E-state index contributed by atoms with van der Waals surface area (Å²) in [7, 11) is 0. The van der Waals surface area contributed by atoms with E-state index in [-0.39, 0.29) is 11.3 Å². The molecule has 2 aromatic rings. The van der Waals surface area contributed by atoms with Gasteiger partial charge in [0.05, 0.1) is 10.6 Å². The van der Waals surface area contributed by atoms with Gasteiger partial charge in [-0.15, -0.1) is 0 Å². The number of nitrogens with zero attached hydrogens (tertiary/aromatic N) is 2. The van der Waals surface area contributed by atoms with Crippen molar-refractivity contribution in [1.29, 1.82) is 0 Å². The first-order valence-electron chi connectivity index (χ1n) is 6.91. The summed E-state index contributed by atoms with van der Waals surface area (Å²) in [4.78, 5) is 24.6. The van der Waals surface area contributed by atoms with Gasteiger partial charge in [0.25, 0.3) is 11.6 Å². The molecule has 0 atom stereocenters. The summed E-state index contributed by atoms with van der Waals surface area (Å²) in [5.74, 6) is -0.903. The third kappa shape index (κ3) is 2.43. The number of anilines is 1. The highest BCUT2D eigenvalue weighted by atomic mass is 19.1. The van der Waals surface area contributed by atoms with Crippen molar-refractivity contribution in [2.75, 3.05) is 11.4 Å². The van der Waals surface area contributed by atoms with E-state index in [1.165, 1.54) is 35.2 Å². The molecule has 1 aliphatic rings. The van der Waals surface area contributed by atoms with Crippen LogP contribution in [0.4, 0.5) is 15.8 Å². The number of amides is 1. The molecule has 0 fully saturated rings. The van der Waals surface area contributed by atoms with Crippen molar-refractivity contribution in [2.45, 2.75) is 12.8 Å². The van der Waals surface area contributed by atoms with Gasteiger partial charge in [-0.1, -0.05) is 18.2 Å². The van der Waals surface area contributed by atoms with E-state index in [0.29, 0.717) is 12.2 Å². The van der Waals surface area contributed by atoms with Crippen LogP contribution in [0.15, 0.2) is 42.5 Å². The fourth-order valence-electron chi connectivity index (χ4n) is 2.72. The minimum Gasteiger partial charge on any atom is -0.308 e. The van der Waals surface area contributed by atoms with E-state index in [4.69, 9.17) is 0 Å². The molecular formula is C16H13FN2O3. The summed E-state index contributed by atoms with van der Waals surface area (Å²) >= 11 is 0. The molecule has 0 saturated heterocycles. The number of hydrogen-bond acceptors (Lipinski definition) is 3. The highest BCUT2D eigenvalue weighted by Crippen LogP contribution is 2.30. The normalized spacial score (nSPS) is 13.6. The van der Waals surface area contributed by atoms with Crippen LogP contribution in [0.2, 0.25) is 0 Å². The van der Waals surface area contributed by atoms with Crippen LogP contribution in [0.3, 0.4) is 0 Å². The van der Waals surface area contributed by atoms with E-state index in [1.54, 1.807) is 12.1 Å². The van der Waals surface area contributed by atoms with E-state index < -0.39 is 16.6 Å².